The number of imidazole rings is 1. The molecule has 0 saturated carbocycles. The molecule has 1 heterocycles. The van der Waals surface area contributed by atoms with Crippen LogP contribution in [0.15, 0.2) is 36.8 Å². The molecule has 2 rings (SSSR count). The summed E-state index contributed by atoms with van der Waals surface area (Å²) >= 11 is 3.37. The van der Waals surface area contributed by atoms with Crippen LogP contribution in [0, 0.1) is 0 Å². The molecule has 0 bridgehead atoms. The molecule has 0 fully saturated rings. The molecule has 78 valence electrons. The number of nitrogens with zero attached hydrogens (tertiary/aromatic N) is 2. The first kappa shape index (κ1) is 10.2. The Hall–Kier alpha value is -1.29. The van der Waals surface area contributed by atoms with E-state index in [1.54, 1.807) is 13.4 Å². The van der Waals surface area contributed by atoms with Gasteiger partial charge in [-0.25, -0.2) is 4.98 Å². The highest BCUT2D eigenvalue weighted by Gasteiger charge is 2.00. The summed E-state index contributed by atoms with van der Waals surface area (Å²) in [6.07, 6.45) is 3.79. The van der Waals surface area contributed by atoms with Crippen molar-refractivity contribution >= 4 is 15.9 Å². The molecule has 0 N–H and O–H groups in total. The van der Waals surface area contributed by atoms with E-state index in [4.69, 9.17) is 4.74 Å². The monoisotopic (exact) mass is 266 g/mol. The Kier molecular flexibility index (Phi) is 3.06. The number of benzene rings is 1. The van der Waals surface area contributed by atoms with Crippen molar-refractivity contribution < 1.29 is 4.74 Å². The number of methoxy groups -OCH3 is 1. The van der Waals surface area contributed by atoms with E-state index in [-0.39, 0.29) is 0 Å². The van der Waals surface area contributed by atoms with Crippen molar-refractivity contribution in [1.82, 2.24) is 9.55 Å². The SMILES string of the molecule is COc1cccc(-n2cnc(CBr)c2)c1. The van der Waals surface area contributed by atoms with Crippen LogP contribution in [0.1, 0.15) is 5.69 Å². The normalized spacial score (nSPS) is 10.3. The van der Waals surface area contributed by atoms with Gasteiger partial charge in [-0.15, -0.1) is 0 Å². The molecule has 0 aliphatic rings. The molecule has 0 aliphatic carbocycles. The molecule has 0 unspecified atom stereocenters. The highest BCUT2D eigenvalue weighted by atomic mass is 79.9. The summed E-state index contributed by atoms with van der Waals surface area (Å²) in [5, 5.41) is 0.768. The molecule has 1 aromatic carbocycles. The number of alkyl halides is 1. The van der Waals surface area contributed by atoms with Gasteiger partial charge in [-0.3, -0.25) is 0 Å². The Bertz CT molecular complexity index is 453. The predicted octanol–water partition coefficient (Wildman–Crippen LogP) is 2.78. The second-order valence-corrected chi connectivity index (χ2v) is 3.67. The number of halogens is 1. The summed E-state index contributed by atoms with van der Waals surface area (Å²) in [6.45, 7) is 0. The van der Waals surface area contributed by atoms with Gasteiger partial charge < -0.3 is 9.30 Å². The number of rotatable bonds is 3. The third-order valence-corrected chi connectivity index (χ3v) is 2.70. The lowest BCUT2D eigenvalue weighted by Crippen LogP contribution is -1.91. The van der Waals surface area contributed by atoms with Crippen molar-refractivity contribution in [2.24, 2.45) is 0 Å². The quantitative estimate of drug-likeness (QED) is 0.799. The van der Waals surface area contributed by atoms with E-state index < -0.39 is 0 Å². The Morgan fingerprint density at radius 3 is 3.00 bits per heavy atom. The lowest BCUT2D eigenvalue weighted by molar-refractivity contribution is 0.414. The van der Waals surface area contributed by atoms with Crippen LogP contribution in [0.3, 0.4) is 0 Å². The molecular weight excluding hydrogens is 256 g/mol. The first-order chi connectivity index (χ1) is 7.33. The summed E-state index contributed by atoms with van der Waals surface area (Å²) < 4.78 is 7.14. The molecule has 4 heteroatoms. The molecule has 1 aromatic heterocycles. The van der Waals surface area contributed by atoms with E-state index in [0.29, 0.717) is 0 Å². The molecule has 0 radical (unpaired) electrons. The fourth-order valence-corrected chi connectivity index (χ4v) is 1.63. The van der Waals surface area contributed by atoms with Gasteiger partial charge in [-0.2, -0.15) is 0 Å². The van der Waals surface area contributed by atoms with E-state index in [0.717, 1.165) is 22.5 Å². The van der Waals surface area contributed by atoms with Crippen LogP contribution in [0.2, 0.25) is 0 Å². The Labute approximate surface area is 96.8 Å². The molecule has 15 heavy (non-hydrogen) atoms. The molecular formula is C11H11BrN2O. The van der Waals surface area contributed by atoms with Crippen LogP contribution < -0.4 is 4.74 Å². The minimum atomic E-state index is 0.768. The standard InChI is InChI=1S/C11H11BrN2O/c1-15-11-4-2-3-10(5-11)14-7-9(6-12)13-8-14/h2-5,7-8H,6H2,1H3. The Balaban J connectivity index is 2.35. The van der Waals surface area contributed by atoms with Crippen LogP contribution in [-0.2, 0) is 5.33 Å². The fourth-order valence-electron chi connectivity index (χ4n) is 1.34. The van der Waals surface area contributed by atoms with Crippen molar-refractivity contribution in [1.29, 1.82) is 0 Å². The largest absolute Gasteiger partial charge is 0.497 e. The summed E-state index contributed by atoms with van der Waals surface area (Å²) in [4.78, 5) is 4.24. The maximum Gasteiger partial charge on any atom is 0.120 e. The van der Waals surface area contributed by atoms with Gasteiger partial charge >= 0.3 is 0 Å². The van der Waals surface area contributed by atoms with Gasteiger partial charge in [-0.1, -0.05) is 22.0 Å². The average molecular weight is 267 g/mol. The van der Waals surface area contributed by atoms with Crippen LogP contribution >= 0.6 is 15.9 Å². The molecule has 3 nitrogen and oxygen atoms in total. The van der Waals surface area contributed by atoms with Crippen LogP contribution in [0.5, 0.6) is 5.75 Å². The lowest BCUT2D eigenvalue weighted by atomic mass is 10.3. The van der Waals surface area contributed by atoms with E-state index in [2.05, 4.69) is 20.9 Å². The third-order valence-electron chi connectivity index (χ3n) is 2.12. The molecule has 2 aromatic rings. The molecule has 0 saturated heterocycles. The number of ether oxygens (including phenoxy) is 1. The van der Waals surface area contributed by atoms with Crippen molar-refractivity contribution in [2.45, 2.75) is 5.33 Å². The minimum absolute atomic E-state index is 0.768. The number of hydrogen-bond acceptors (Lipinski definition) is 2. The topological polar surface area (TPSA) is 27.1 Å². The number of aromatic nitrogens is 2. The third kappa shape index (κ3) is 2.21. The summed E-state index contributed by atoms with van der Waals surface area (Å²) in [5.74, 6) is 0.849. The van der Waals surface area contributed by atoms with Gasteiger partial charge in [0.25, 0.3) is 0 Å². The number of hydrogen-bond donors (Lipinski definition) is 0. The molecule has 0 aliphatic heterocycles. The van der Waals surface area contributed by atoms with Crippen LogP contribution in [-0.4, -0.2) is 16.7 Å². The summed E-state index contributed by atoms with van der Waals surface area (Å²) in [7, 11) is 1.66. The van der Waals surface area contributed by atoms with E-state index >= 15 is 0 Å². The van der Waals surface area contributed by atoms with Gasteiger partial charge in [-0.05, 0) is 12.1 Å². The first-order valence-electron chi connectivity index (χ1n) is 4.57. The smallest absolute Gasteiger partial charge is 0.120 e. The molecule has 0 atom stereocenters. The summed E-state index contributed by atoms with van der Waals surface area (Å²) in [5.41, 5.74) is 2.06. The summed E-state index contributed by atoms with van der Waals surface area (Å²) in [6, 6.07) is 7.87. The zero-order chi connectivity index (χ0) is 10.7. The second kappa shape index (κ2) is 4.49. The highest BCUT2D eigenvalue weighted by Crippen LogP contribution is 2.16. The van der Waals surface area contributed by atoms with Gasteiger partial charge in [0, 0.05) is 17.6 Å². The van der Waals surface area contributed by atoms with Gasteiger partial charge in [0.05, 0.1) is 24.8 Å². The Morgan fingerprint density at radius 1 is 1.47 bits per heavy atom. The average Bonchev–Trinajstić information content (AvgIpc) is 2.78. The van der Waals surface area contributed by atoms with Gasteiger partial charge in [0.2, 0.25) is 0 Å². The zero-order valence-electron chi connectivity index (χ0n) is 8.35. The maximum atomic E-state index is 5.17. The van der Waals surface area contributed by atoms with Crippen molar-refractivity contribution in [3.63, 3.8) is 0 Å². The van der Waals surface area contributed by atoms with Crippen LogP contribution in [0.4, 0.5) is 0 Å². The second-order valence-electron chi connectivity index (χ2n) is 3.11. The maximum absolute atomic E-state index is 5.17. The fraction of sp³-hybridized carbons (Fsp3) is 0.182. The lowest BCUT2D eigenvalue weighted by Gasteiger charge is -2.04. The van der Waals surface area contributed by atoms with Crippen molar-refractivity contribution in [3.8, 4) is 11.4 Å². The minimum Gasteiger partial charge on any atom is -0.497 e. The van der Waals surface area contributed by atoms with Crippen molar-refractivity contribution in [3.05, 3.63) is 42.5 Å². The van der Waals surface area contributed by atoms with E-state index in [1.807, 2.05) is 35.0 Å². The molecule has 0 amide bonds. The predicted molar refractivity (Wildman–Crippen MR) is 62.7 cm³/mol. The van der Waals surface area contributed by atoms with Crippen LogP contribution in [0.25, 0.3) is 5.69 Å². The van der Waals surface area contributed by atoms with Gasteiger partial charge in [0.15, 0.2) is 0 Å². The van der Waals surface area contributed by atoms with E-state index in [9.17, 15) is 0 Å². The molecule has 0 spiro atoms. The highest BCUT2D eigenvalue weighted by molar-refractivity contribution is 9.08. The van der Waals surface area contributed by atoms with Crippen molar-refractivity contribution in [2.75, 3.05) is 7.11 Å². The first-order valence-corrected chi connectivity index (χ1v) is 5.69. The Morgan fingerprint density at radius 2 is 2.33 bits per heavy atom. The van der Waals surface area contributed by atoms with E-state index in [1.165, 1.54) is 0 Å². The van der Waals surface area contributed by atoms with Gasteiger partial charge in [0.1, 0.15) is 5.75 Å². The zero-order valence-corrected chi connectivity index (χ0v) is 9.94.